The third-order valence-corrected chi connectivity index (χ3v) is 2.57. The van der Waals surface area contributed by atoms with Crippen LogP contribution in [-0.2, 0) is 9.59 Å². The highest BCUT2D eigenvalue weighted by molar-refractivity contribution is 5.80. The molecule has 0 heterocycles. The van der Waals surface area contributed by atoms with E-state index in [1.807, 2.05) is 0 Å². The molecule has 74 valence electrons. The van der Waals surface area contributed by atoms with Crippen molar-refractivity contribution in [3.63, 3.8) is 0 Å². The van der Waals surface area contributed by atoms with Gasteiger partial charge in [-0.2, -0.15) is 0 Å². The number of hydrogen-bond donors (Lipinski definition) is 1. The van der Waals surface area contributed by atoms with E-state index in [-0.39, 0.29) is 18.7 Å². The molecular formula is C9H15NO3. The summed E-state index contributed by atoms with van der Waals surface area (Å²) in [5.41, 5.74) is 0. The van der Waals surface area contributed by atoms with E-state index in [0.29, 0.717) is 6.04 Å². The van der Waals surface area contributed by atoms with Crippen LogP contribution in [0.5, 0.6) is 0 Å². The number of nitrogens with zero attached hydrogens (tertiary/aromatic N) is 1. The number of carbonyl (C=O) groups is 2. The standard InChI is InChI=1S/C9H15NO3/c1-10(7-3-2-4-7)8(11)5-6-9(12)13/h7H,2-6H2,1H3,(H,12,13). The molecule has 1 amide bonds. The zero-order valence-electron chi connectivity index (χ0n) is 7.82. The Hall–Kier alpha value is -1.06. The van der Waals surface area contributed by atoms with Crippen molar-refractivity contribution in [2.24, 2.45) is 0 Å². The summed E-state index contributed by atoms with van der Waals surface area (Å²) in [6, 6.07) is 0.362. The van der Waals surface area contributed by atoms with Crippen molar-refractivity contribution in [1.29, 1.82) is 0 Å². The van der Waals surface area contributed by atoms with Crippen LogP contribution in [0.2, 0.25) is 0 Å². The highest BCUT2D eigenvalue weighted by Gasteiger charge is 2.25. The number of amides is 1. The highest BCUT2D eigenvalue weighted by atomic mass is 16.4. The first-order valence-electron chi connectivity index (χ1n) is 4.58. The van der Waals surface area contributed by atoms with Crippen molar-refractivity contribution in [1.82, 2.24) is 4.90 Å². The largest absolute Gasteiger partial charge is 0.481 e. The molecule has 4 nitrogen and oxygen atoms in total. The van der Waals surface area contributed by atoms with E-state index in [9.17, 15) is 9.59 Å². The Morgan fingerprint density at radius 3 is 2.38 bits per heavy atom. The first-order valence-corrected chi connectivity index (χ1v) is 4.58. The van der Waals surface area contributed by atoms with Gasteiger partial charge in [0.15, 0.2) is 0 Å². The maximum atomic E-state index is 11.3. The Morgan fingerprint density at radius 1 is 1.38 bits per heavy atom. The van der Waals surface area contributed by atoms with Gasteiger partial charge in [0.2, 0.25) is 5.91 Å². The van der Waals surface area contributed by atoms with E-state index in [0.717, 1.165) is 12.8 Å². The minimum absolute atomic E-state index is 0.0490. The number of aliphatic carboxylic acids is 1. The van der Waals surface area contributed by atoms with Gasteiger partial charge in [-0.25, -0.2) is 0 Å². The summed E-state index contributed by atoms with van der Waals surface area (Å²) in [6.07, 6.45) is 3.38. The fourth-order valence-electron chi connectivity index (χ4n) is 1.37. The smallest absolute Gasteiger partial charge is 0.303 e. The molecule has 1 aliphatic carbocycles. The van der Waals surface area contributed by atoms with Crippen LogP contribution in [-0.4, -0.2) is 35.0 Å². The molecule has 1 N–H and O–H groups in total. The number of rotatable bonds is 4. The molecular weight excluding hydrogens is 170 g/mol. The summed E-state index contributed by atoms with van der Waals surface area (Å²) in [5.74, 6) is -0.956. The SMILES string of the molecule is CN(C(=O)CCC(=O)O)C1CCC1. The molecule has 1 rings (SSSR count). The third-order valence-electron chi connectivity index (χ3n) is 2.57. The van der Waals surface area contributed by atoms with Gasteiger partial charge < -0.3 is 10.0 Å². The molecule has 0 aliphatic heterocycles. The first kappa shape index (κ1) is 10.0. The molecule has 0 spiro atoms. The molecule has 0 unspecified atom stereocenters. The molecule has 1 aliphatic rings. The fraction of sp³-hybridized carbons (Fsp3) is 0.778. The molecule has 0 atom stereocenters. The lowest BCUT2D eigenvalue weighted by Crippen LogP contribution is -2.41. The van der Waals surface area contributed by atoms with Crippen molar-refractivity contribution < 1.29 is 14.7 Å². The highest BCUT2D eigenvalue weighted by Crippen LogP contribution is 2.23. The lowest BCUT2D eigenvalue weighted by atomic mass is 9.91. The van der Waals surface area contributed by atoms with Crippen molar-refractivity contribution in [3.05, 3.63) is 0 Å². The molecule has 1 fully saturated rings. The summed E-state index contributed by atoms with van der Waals surface area (Å²) < 4.78 is 0. The van der Waals surface area contributed by atoms with Crippen molar-refractivity contribution in [2.75, 3.05) is 7.05 Å². The zero-order valence-corrected chi connectivity index (χ0v) is 7.82. The van der Waals surface area contributed by atoms with E-state index in [2.05, 4.69) is 0 Å². The Labute approximate surface area is 77.5 Å². The van der Waals surface area contributed by atoms with Crippen LogP contribution in [0.1, 0.15) is 32.1 Å². The minimum atomic E-state index is -0.907. The van der Waals surface area contributed by atoms with Gasteiger partial charge in [0.05, 0.1) is 6.42 Å². The summed E-state index contributed by atoms with van der Waals surface area (Å²) in [7, 11) is 1.76. The number of carboxylic acids is 1. The van der Waals surface area contributed by atoms with Gasteiger partial charge in [-0.1, -0.05) is 0 Å². The van der Waals surface area contributed by atoms with Crippen LogP contribution in [0.4, 0.5) is 0 Å². The second-order valence-electron chi connectivity index (χ2n) is 3.48. The average molecular weight is 185 g/mol. The molecule has 1 saturated carbocycles. The van der Waals surface area contributed by atoms with E-state index in [4.69, 9.17) is 5.11 Å². The van der Waals surface area contributed by atoms with E-state index in [1.165, 1.54) is 6.42 Å². The molecule has 0 aromatic rings. The molecule has 13 heavy (non-hydrogen) atoms. The average Bonchev–Trinajstić information content (AvgIpc) is 1.96. The Kier molecular flexibility index (Phi) is 3.28. The van der Waals surface area contributed by atoms with Gasteiger partial charge in [-0.3, -0.25) is 9.59 Å². The van der Waals surface area contributed by atoms with E-state index in [1.54, 1.807) is 11.9 Å². The normalized spacial score (nSPS) is 16.4. The van der Waals surface area contributed by atoms with Gasteiger partial charge in [0.1, 0.15) is 0 Å². The Balaban J connectivity index is 2.25. The fourth-order valence-corrected chi connectivity index (χ4v) is 1.37. The lowest BCUT2D eigenvalue weighted by molar-refractivity contribution is -0.141. The maximum absolute atomic E-state index is 11.3. The molecule has 0 aromatic carbocycles. The molecule has 0 aromatic heterocycles. The second kappa shape index (κ2) is 4.25. The van der Waals surface area contributed by atoms with Crippen molar-refractivity contribution >= 4 is 11.9 Å². The van der Waals surface area contributed by atoms with Crippen LogP contribution in [0, 0.1) is 0 Å². The number of hydrogen-bond acceptors (Lipinski definition) is 2. The number of carboxylic acid groups (broad SMARTS) is 1. The lowest BCUT2D eigenvalue weighted by Gasteiger charge is -2.34. The molecule has 0 saturated heterocycles. The summed E-state index contributed by atoms with van der Waals surface area (Å²) >= 11 is 0. The topological polar surface area (TPSA) is 57.6 Å². The quantitative estimate of drug-likeness (QED) is 0.706. The molecule has 0 radical (unpaired) electrons. The van der Waals surface area contributed by atoms with Gasteiger partial charge in [-0.05, 0) is 19.3 Å². The van der Waals surface area contributed by atoms with Crippen LogP contribution in [0.3, 0.4) is 0 Å². The van der Waals surface area contributed by atoms with Crippen LogP contribution < -0.4 is 0 Å². The molecule has 4 heteroatoms. The van der Waals surface area contributed by atoms with Crippen LogP contribution in [0.25, 0.3) is 0 Å². The number of carbonyl (C=O) groups excluding carboxylic acids is 1. The van der Waals surface area contributed by atoms with Crippen molar-refractivity contribution in [2.45, 2.75) is 38.1 Å². The van der Waals surface area contributed by atoms with E-state index >= 15 is 0 Å². The van der Waals surface area contributed by atoms with Gasteiger partial charge in [0.25, 0.3) is 0 Å². The Morgan fingerprint density at radius 2 is 2.00 bits per heavy atom. The third kappa shape index (κ3) is 2.72. The Bertz CT molecular complexity index is 211. The predicted octanol–water partition coefficient (Wildman–Crippen LogP) is 0.862. The first-order chi connectivity index (χ1) is 6.11. The second-order valence-corrected chi connectivity index (χ2v) is 3.48. The van der Waals surface area contributed by atoms with E-state index < -0.39 is 5.97 Å². The van der Waals surface area contributed by atoms with Crippen LogP contribution >= 0.6 is 0 Å². The maximum Gasteiger partial charge on any atom is 0.303 e. The van der Waals surface area contributed by atoms with Crippen LogP contribution in [0.15, 0.2) is 0 Å². The van der Waals surface area contributed by atoms with Crippen molar-refractivity contribution in [3.8, 4) is 0 Å². The minimum Gasteiger partial charge on any atom is -0.481 e. The predicted molar refractivity (Wildman–Crippen MR) is 47.3 cm³/mol. The van der Waals surface area contributed by atoms with Gasteiger partial charge in [-0.15, -0.1) is 0 Å². The molecule has 0 bridgehead atoms. The summed E-state index contributed by atoms with van der Waals surface area (Å²) in [6.45, 7) is 0. The van der Waals surface area contributed by atoms with Gasteiger partial charge >= 0.3 is 5.97 Å². The monoisotopic (exact) mass is 185 g/mol. The zero-order chi connectivity index (χ0) is 9.84. The summed E-state index contributed by atoms with van der Waals surface area (Å²) in [4.78, 5) is 23.2. The summed E-state index contributed by atoms with van der Waals surface area (Å²) in [5, 5.41) is 8.38. The van der Waals surface area contributed by atoms with Gasteiger partial charge in [0, 0.05) is 19.5 Å².